The molecule has 0 heterocycles. The maximum absolute atomic E-state index is 12.8. The minimum absolute atomic E-state index is 0.0475. The van der Waals surface area contributed by atoms with Crippen LogP contribution in [0, 0.1) is 0 Å². The Labute approximate surface area is 409 Å². The fourth-order valence-electron chi connectivity index (χ4n) is 8.73. The number of carbonyl (C=O) groups is 3. The molecule has 2 unspecified atom stereocenters. The van der Waals surface area contributed by atoms with E-state index in [0.717, 1.165) is 38.5 Å². The predicted octanol–water partition coefficient (Wildman–Crippen LogP) is 16.8. The van der Waals surface area contributed by atoms with Crippen LogP contribution in [0.2, 0.25) is 0 Å². The highest BCUT2D eigenvalue weighted by molar-refractivity contribution is 5.72. The van der Waals surface area contributed by atoms with Crippen molar-refractivity contribution in [1.82, 2.24) is 0 Å². The zero-order valence-electron chi connectivity index (χ0n) is 44.4. The molecule has 388 valence electrons. The summed E-state index contributed by atoms with van der Waals surface area (Å²) in [7, 11) is 5.55. The van der Waals surface area contributed by atoms with Crippen LogP contribution in [0.15, 0.2) is 24.3 Å². The van der Waals surface area contributed by atoms with Gasteiger partial charge in [-0.05, 0) is 38.5 Å². The van der Waals surface area contributed by atoms with Crippen LogP contribution in [-0.2, 0) is 28.6 Å². The molecule has 8 nitrogen and oxygen atoms in total. The molecule has 2 atom stereocenters. The second-order valence-electron chi connectivity index (χ2n) is 20.6. The van der Waals surface area contributed by atoms with Gasteiger partial charge in [0.15, 0.2) is 12.1 Å². The Bertz CT molecular complexity index is 1130. The molecule has 8 heteroatoms. The maximum atomic E-state index is 12.8. The molecule has 0 aliphatic rings. The number of unbranched alkanes of at least 4 members (excludes halogenated alkanes) is 35. The molecular formula is C58H110NO7+. The van der Waals surface area contributed by atoms with Crippen LogP contribution in [-0.4, -0.2) is 80.6 Å². The van der Waals surface area contributed by atoms with Gasteiger partial charge in [0.1, 0.15) is 6.61 Å². The molecule has 0 saturated carbocycles. The molecule has 0 radical (unpaired) electrons. The molecule has 0 aromatic rings. The van der Waals surface area contributed by atoms with E-state index in [9.17, 15) is 19.5 Å². The van der Waals surface area contributed by atoms with Gasteiger partial charge in [0, 0.05) is 19.3 Å². The molecule has 0 fully saturated rings. The number of rotatable bonds is 52. The normalized spacial score (nSPS) is 12.9. The average molecular weight is 934 g/mol. The number of aliphatic carboxylic acids is 1. The monoisotopic (exact) mass is 933 g/mol. The minimum atomic E-state index is -0.871. The van der Waals surface area contributed by atoms with Crippen LogP contribution in [0.1, 0.15) is 277 Å². The number of nitrogens with zero attached hydrogens (tertiary/aromatic N) is 1. The molecule has 0 amide bonds. The maximum Gasteiger partial charge on any atom is 0.362 e. The summed E-state index contributed by atoms with van der Waals surface area (Å²) in [6.45, 7) is 4.76. The molecule has 1 N–H and O–H groups in total. The van der Waals surface area contributed by atoms with Gasteiger partial charge in [-0.25, -0.2) is 4.79 Å². The second-order valence-corrected chi connectivity index (χ2v) is 20.6. The van der Waals surface area contributed by atoms with Crippen molar-refractivity contribution in [2.24, 2.45) is 0 Å². The van der Waals surface area contributed by atoms with Gasteiger partial charge < -0.3 is 23.8 Å². The van der Waals surface area contributed by atoms with Gasteiger partial charge in [-0.15, -0.1) is 0 Å². The fourth-order valence-corrected chi connectivity index (χ4v) is 8.73. The summed E-state index contributed by atoms with van der Waals surface area (Å²) in [5.74, 6) is -1.45. The summed E-state index contributed by atoms with van der Waals surface area (Å²) in [6.07, 6.45) is 58.1. The Morgan fingerprint density at radius 2 is 0.788 bits per heavy atom. The van der Waals surface area contributed by atoms with Crippen molar-refractivity contribution in [3.63, 3.8) is 0 Å². The molecule has 0 aliphatic carbocycles. The quantitative estimate of drug-likeness (QED) is 0.0281. The first-order valence-corrected chi connectivity index (χ1v) is 28.4. The van der Waals surface area contributed by atoms with Gasteiger partial charge in [0.25, 0.3) is 0 Å². The lowest BCUT2D eigenvalue weighted by Gasteiger charge is -2.31. The van der Waals surface area contributed by atoms with E-state index in [0.29, 0.717) is 19.3 Å². The summed E-state index contributed by atoms with van der Waals surface area (Å²) in [5, 5.41) is 9.67. The number of quaternary nitrogens is 1. The molecule has 0 rings (SSSR count). The number of hydrogen-bond donors (Lipinski definition) is 1. The third kappa shape index (κ3) is 46.9. The van der Waals surface area contributed by atoms with Crippen LogP contribution in [0.25, 0.3) is 0 Å². The van der Waals surface area contributed by atoms with Gasteiger partial charge in [0.2, 0.25) is 0 Å². The average Bonchev–Trinajstić information content (AvgIpc) is 3.28. The molecule has 0 aromatic heterocycles. The van der Waals surface area contributed by atoms with Crippen LogP contribution in [0.4, 0.5) is 0 Å². The zero-order chi connectivity index (χ0) is 48.4. The molecule has 0 spiro atoms. The van der Waals surface area contributed by atoms with Gasteiger partial charge >= 0.3 is 17.9 Å². The second kappa shape index (κ2) is 49.2. The van der Waals surface area contributed by atoms with E-state index >= 15 is 0 Å². The van der Waals surface area contributed by atoms with Gasteiger partial charge in [0.05, 0.1) is 34.4 Å². The highest BCUT2D eigenvalue weighted by Crippen LogP contribution is 2.17. The van der Waals surface area contributed by atoms with Crippen molar-refractivity contribution >= 4 is 17.9 Å². The van der Waals surface area contributed by atoms with Crippen molar-refractivity contribution in [1.29, 1.82) is 0 Å². The predicted molar refractivity (Wildman–Crippen MR) is 280 cm³/mol. The van der Waals surface area contributed by atoms with E-state index in [4.69, 9.17) is 14.2 Å². The number of likely N-dealkylation sites (N-methyl/N-ethyl adjacent to an activating group) is 1. The summed E-state index contributed by atoms with van der Waals surface area (Å²) in [4.78, 5) is 37.3. The van der Waals surface area contributed by atoms with Crippen LogP contribution < -0.4 is 0 Å². The van der Waals surface area contributed by atoms with Gasteiger partial charge in [-0.3, -0.25) is 9.59 Å². The van der Waals surface area contributed by atoms with E-state index in [1.165, 1.54) is 205 Å². The van der Waals surface area contributed by atoms with E-state index in [2.05, 4.69) is 38.2 Å². The summed E-state index contributed by atoms with van der Waals surface area (Å²) >= 11 is 0. The third-order valence-corrected chi connectivity index (χ3v) is 13.1. The lowest BCUT2D eigenvalue weighted by Crippen LogP contribution is -2.50. The first kappa shape index (κ1) is 63.8. The summed E-state index contributed by atoms with van der Waals surface area (Å²) in [5.41, 5.74) is 0. The Morgan fingerprint density at radius 3 is 1.17 bits per heavy atom. The van der Waals surface area contributed by atoms with E-state index in [1.54, 1.807) is 0 Å². The topological polar surface area (TPSA) is 99.1 Å². The number of hydrogen-bond acceptors (Lipinski definition) is 6. The molecule has 0 bridgehead atoms. The standard InChI is InChI=1S/C58H109NO7/c1-6-8-10-12-14-16-18-20-22-24-26-27-28-29-31-33-35-37-39-41-43-45-47-49-57(61)66-54(52-64-51-50-55(58(62)63)59(3,4)5)53-65-56(60)48-46-44-42-40-38-36-34-32-30-25-23-21-19-17-15-13-11-9-7-2/h15,17,19,21,54-55H,6-14,16,18,20,22-53H2,1-5H3/p+1/b17-15+,21-19+. The van der Waals surface area contributed by atoms with Crippen LogP contribution in [0.5, 0.6) is 0 Å². The molecule has 0 saturated heterocycles. The first-order valence-electron chi connectivity index (χ1n) is 28.4. The van der Waals surface area contributed by atoms with Crippen molar-refractivity contribution in [2.45, 2.75) is 289 Å². The number of carbonyl (C=O) groups excluding carboxylic acids is 2. The third-order valence-electron chi connectivity index (χ3n) is 13.1. The van der Waals surface area contributed by atoms with Gasteiger partial charge in [-0.1, -0.05) is 244 Å². The molecule has 66 heavy (non-hydrogen) atoms. The molecule has 0 aliphatic heterocycles. The van der Waals surface area contributed by atoms with Crippen molar-refractivity contribution in [3.8, 4) is 0 Å². The Morgan fingerprint density at radius 1 is 0.455 bits per heavy atom. The van der Waals surface area contributed by atoms with Crippen LogP contribution in [0.3, 0.4) is 0 Å². The van der Waals surface area contributed by atoms with E-state index in [1.807, 2.05) is 21.1 Å². The van der Waals surface area contributed by atoms with Crippen molar-refractivity contribution < 1.29 is 38.2 Å². The zero-order valence-corrected chi connectivity index (χ0v) is 44.4. The smallest absolute Gasteiger partial charge is 0.362 e. The summed E-state index contributed by atoms with van der Waals surface area (Å²) < 4.78 is 17.4. The molecular weight excluding hydrogens is 823 g/mol. The number of ether oxygens (including phenoxy) is 3. The SMILES string of the molecule is CCCCC/C=C/C=C/CCCCCCCCCCCCC(=O)OCC(COCCC(C(=O)O)[N+](C)(C)C)OC(=O)CCCCCCCCCCCCCCCCCCCCCCCCC. The Balaban J connectivity index is 4.14. The number of carboxylic acids is 1. The fraction of sp³-hybridized carbons (Fsp3) is 0.879. The van der Waals surface area contributed by atoms with Crippen molar-refractivity contribution in [3.05, 3.63) is 24.3 Å². The highest BCUT2D eigenvalue weighted by Gasteiger charge is 2.31. The first-order chi connectivity index (χ1) is 32.1. The summed E-state index contributed by atoms with van der Waals surface area (Å²) in [6, 6.07) is -0.613. The Hall–Kier alpha value is -2.19. The minimum Gasteiger partial charge on any atom is -0.477 e. The highest BCUT2D eigenvalue weighted by atomic mass is 16.6. The van der Waals surface area contributed by atoms with E-state index < -0.39 is 18.1 Å². The Kier molecular flexibility index (Phi) is 47.6. The number of carboxylic acid groups (broad SMARTS) is 1. The van der Waals surface area contributed by atoms with Crippen LogP contribution >= 0.6 is 0 Å². The largest absolute Gasteiger partial charge is 0.477 e. The lowest BCUT2D eigenvalue weighted by atomic mass is 10.0. The van der Waals surface area contributed by atoms with E-state index in [-0.39, 0.29) is 36.2 Å². The van der Waals surface area contributed by atoms with Gasteiger partial charge in [-0.2, -0.15) is 0 Å². The number of allylic oxidation sites excluding steroid dienone is 4. The van der Waals surface area contributed by atoms with Crippen molar-refractivity contribution in [2.75, 3.05) is 41.0 Å². The lowest BCUT2D eigenvalue weighted by molar-refractivity contribution is -0.887. The number of esters is 2. The molecule has 0 aromatic carbocycles.